The lowest BCUT2D eigenvalue weighted by atomic mass is 9.89. The van der Waals surface area contributed by atoms with Crippen LogP contribution in [0.1, 0.15) is 67.0 Å². The van der Waals surface area contributed by atoms with Crippen molar-refractivity contribution >= 4 is 21.6 Å². The Hall–Kier alpha value is -2.34. The predicted molar refractivity (Wildman–Crippen MR) is 127 cm³/mol. The van der Waals surface area contributed by atoms with E-state index in [0.717, 1.165) is 35.8 Å². The molecule has 0 fully saturated rings. The summed E-state index contributed by atoms with van der Waals surface area (Å²) in [6.07, 6.45) is 6.17. The summed E-state index contributed by atoms with van der Waals surface area (Å²) in [5.74, 6) is -0.281. The first kappa shape index (κ1) is 23.3. The Bertz CT molecular complexity index is 1060. The standard InChI is InChI=1S/C25H34N2O3S/c1-6-24(27(31(5,29)30)23-14-11-17(2)18(3)15-23)25(28)26-19(4)21-13-12-20-9-7-8-10-22(20)16-21/h11-16,19,24H,6-10H2,1-5H3,(H,26,28)/t19-,24-/m0/s1. The van der Waals surface area contributed by atoms with Gasteiger partial charge in [0.1, 0.15) is 6.04 Å². The molecule has 0 aliphatic heterocycles. The maximum atomic E-state index is 13.2. The second-order valence-corrected chi connectivity index (χ2v) is 10.6. The average Bonchev–Trinajstić information content (AvgIpc) is 2.72. The molecule has 5 nitrogen and oxygen atoms in total. The number of aryl methyl sites for hydroxylation is 4. The highest BCUT2D eigenvalue weighted by Gasteiger charge is 2.32. The lowest BCUT2D eigenvalue weighted by Crippen LogP contribution is -2.49. The van der Waals surface area contributed by atoms with E-state index in [1.165, 1.54) is 28.3 Å². The molecule has 0 radical (unpaired) electrons. The normalized spacial score (nSPS) is 15.6. The van der Waals surface area contributed by atoms with Gasteiger partial charge in [0.25, 0.3) is 0 Å². The topological polar surface area (TPSA) is 66.5 Å². The van der Waals surface area contributed by atoms with Crippen LogP contribution < -0.4 is 9.62 Å². The number of hydrogen-bond donors (Lipinski definition) is 1. The summed E-state index contributed by atoms with van der Waals surface area (Å²) in [4.78, 5) is 13.2. The van der Waals surface area contributed by atoms with Gasteiger partial charge in [-0.3, -0.25) is 9.10 Å². The summed E-state index contributed by atoms with van der Waals surface area (Å²) in [5, 5.41) is 3.06. The lowest BCUT2D eigenvalue weighted by molar-refractivity contribution is -0.122. The molecule has 0 spiro atoms. The minimum absolute atomic E-state index is 0.199. The molecule has 0 saturated heterocycles. The van der Waals surface area contributed by atoms with E-state index in [1.807, 2.05) is 39.8 Å². The van der Waals surface area contributed by atoms with E-state index in [2.05, 4.69) is 23.5 Å². The number of amides is 1. The number of nitrogens with one attached hydrogen (secondary N) is 1. The third-order valence-corrected chi connectivity index (χ3v) is 7.49. The smallest absolute Gasteiger partial charge is 0.244 e. The van der Waals surface area contributed by atoms with Gasteiger partial charge in [-0.05, 0) is 92.8 Å². The number of anilines is 1. The first-order valence-electron chi connectivity index (χ1n) is 11.1. The van der Waals surface area contributed by atoms with Gasteiger partial charge in [-0.15, -0.1) is 0 Å². The molecule has 6 heteroatoms. The Morgan fingerprint density at radius 1 is 1.03 bits per heavy atom. The molecule has 1 aliphatic rings. The molecule has 2 aromatic rings. The van der Waals surface area contributed by atoms with Gasteiger partial charge < -0.3 is 5.32 Å². The lowest BCUT2D eigenvalue weighted by Gasteiger charge is -2.31. The molecule has 1 N–H and O–H groups in total. The summed E-state index contributed by atoms with van der Waals surface area (Å²) in [7, 11) is -3.64. The van der Waals surface area contributed by atoms with Crippen molar-refractivity contribution < 1.29 is 13.2 Å². The third-order valence-electron chi connectivity index (χ3n) is 6.31. The van der Waals surface area contributed by atoms with Gasteiger partial charge in [-0.25, -0.2) is 8.42 Å². The largest absolute Gasteiger partial charge is 0.348 e. The van der Waals surface area contributed by atoms with Crippen molar-refractivity contribution in [2.45, 2.75) is 71.9 Å². The van der Waals surface area contributed by atoms with Gasteiger partial charge >= 0.3 is 0 Å². The molecule has 1 aliphatic carbocycles. The number of carbonyl (C=O) groups excluding carboxylic acids is 1. The van der Waals surface area contributed by atoms with Crippen LogP contribution in [0.4, 0.5) is 5.69 Å². The zero-order valence-corrected chi connectivity index (χ0v) is 20.1. The fourth-order valence-corrected chi connectivity index (χ4v) is 5.54. The zero-order chi connectivity index (χ0) is 22.8. The minimum Gasteiger partial charge on any atom is -0.348 e. The van der Waals surface area contributed by atoms with Gasteiger partial charge in [0.2, 0.25) is 15.9 Å². The van der Waals surface area contributed by atoms with Gasteiger partial charge in [0, 0.05) is 0 Å². The van der Waals surface area contributed by atoms with E-state index in [-0.39, 0.29) is 11.9 Å². The monoisotopic (exact) mass is 442 g/mol. The van der Waals surface area contributed by atoms with Crippen molar-refractivity contribution in [3.05, 3.63) is 64.2 Å². The number of nitrogens with zero attached hydrogens (tertiary/aromatic N) is 1. The number of benzene rings is 2. The van der Waals surface area contributed by atoms with Crippen molar-refractivity contribution in [2.75, 3.05) is 10.6 Å². The molecule has 31 heavy (non-hydrogen) atoms. The Morgan fingerprint density at radius 3 is 2.32 bits per heavy atom. The van der Waals surface area contributed by atoms with Gasteiger partial charge in [0.05, 0.1) is 18.0 Å². The molecule has 1 amide bonds. The predicted octanol–water partition coefficient (Wildman–Crippen LogP) is 4.60. The Labute approximate surface area is 186 Å². The fourth-order valence-electron chi connectivity index (χ4n) is 4.34. The summed E-state index contributed by atoms with van der Waals surface area (Å²) in [6, 6.07) is 10.9. The number of rotatable bonds is 7. The Morgan fingerprint density at radius 2 is 1.71 bits per heavy atom. The molecule has 0 heterocycles. The SMILES string of the molecule is CC[C@@H](C(=O)N[C@@H](C)c1ccc2c(c1)CCCC2)N(c1ccc(C)c(C)c1)S(C)(=O)=O. The highest BCUT2D eigenvalue weighted by Crippen LogP contribution is 2.27. The molecule has 2 aromatic carbocycles. The summed E-state index contributed by atoms with van der Waals surface area (Å²) in [6.45, 7) is 7.72. The molecule has 168 valence electrons. The highest BCUT2D eigenvalue weighted by atomic mass is 32.2. The van der Waals surface area contributed by atoms with Crippen molar-refractivity contribution in [3.63, 3.8) is 0 Å². The van der Waals surface area contributed by atoms with Crippen molar-refractivity contribution in [1.82, 2.24) is 5.32 Å². The number of carbonyl (C=O) groups is 1. The average molecular weight is 443 g/mol. The summed E-state index contributed by atoms with van der Waals surface area (Å²) >= 11 is 0. The third kappa shape index (κ3) is 5.29. The molecule has 0 aromatic heterocycles. The zero-order valence-electron chi connectivity index (χ0n) is 19.2. The molecule has 3 rings (SSSR count). The van der Waals surface area contributed by atoms with Crippen molar-refractivity contribution in [3.8, 4) is 0 Å². The summed E-state index contributed by atoms with van der Waals surface area (Å²) < 4.78 is 26.6. The highest BCUT2D eigenvalue weighted by molar-refractivity contribution is 7.92. The van der Waals surface area contributed by atoms with E-state index in [1.54, 1.807) is 6.07 Å². The molecule has 0 bridgehead atoms. The number of fused-ring (bicyclic) bond motifs is 1. The number of hydrogen-bond acceptors (Lipinski definition) is 3. The van der Waals surface area contributed by atoms with Gasteiger partial charge in [-0.2, -0.15) is 0 Å². The van der Waals surface area contributed by atoms with E-state index < -0.39 is 16.1 Å². The van der Waals surface area contributed by atoms with Crippen LogP contribution in [0.25, 0.3) is 0 Å². The molecular weight excluding hydrogens is 408 g/mol. The van der Waals surface area contributed by atoms with Crippen LogP contribution in [-0.2, 0) is 27.7 Å². The maximum Gasteiger partial charge on any atom is 0.244 e. The first-order chi connectivity index (χ1) is 14.6. The van der Waals surface area contributed by atoms with E-state index in [0.29, 0.717) is 12.1 Å². The van der Waals surface area contributed by atoms with Gasteiger partial charge in [0.15, 0.2) is 0 Å². The Kier molecular flexibility index (Phi) is 7.10. The van der Waals surface area contributed by atoms with E-state index in [9.17, 15) is 13.2 Å². The van der Waals surface area contributed by atoms with Crippen LogP contribution in [0, 0.1) is 13.8 Å². The second kappa shape index (κ2) is 9.43. The quantitative estimate of drug-likeness (QED) is 0.681. The Balaban J connectivity index is 1.85. The van der Waals surface area contributed by atoms with Crippen molar-refractivity contribution in [1.29, 1.82) is 0 Å². The van der Waals surface area contributed by atoms with Crippen LogP contribution in [-0.4, -0.2) is 26.6 Å². The number of sulfonamides is 1. The van der Waals surface area contributed by atoms with Crippen LogP contribution in [0.3, 0.4) is 0 Å². The molecular formula is C25H34N2O3S. The van der Waals surface area contributed by atoms with Crippen LogP contribution >= 0.6 is 0 Å². The first-order valence-corrected chi connectivity index (χ1v) is 13.0. The fraction of sp³-hybridized carbons (Fsp3) is 0.480. The van der Waals surface area contributed by atoms with Crippen LogP contribution in [0.2, 0.25) is 0 Å². The minimum atomic E-state index is -3.64. The van der Waals surface area contributed by atoms with E-state index >= 15 is 0 Å². The summed E-state index contributed by atoms with van der Waals surface area (Å²) in [5.41, 5.74) is 6.41. The molecule has 0 saturated carbocycles. The van der Waals surface area contributed by atoms with E-state index in [4.69, 9.17) is 0 Å². The maximum absolute atomic E-state index is 13.2. The molecule has 0 unspecified atom stereocenters. The van der Waals surface area contributed by atoms with Crippen LogP contribution in [0.15, 0.2) is 36.4 Å². The second-order valence-electron chi connectivity index (χ2n) is 8.72. The van der Waals surface area contributed by atoms with Gasteiger partial charge in [-0.1, -0.05) is 31.2 Å². The van der Waals surface area contributed by atoms with Crippen molar-refractivity contribution in [2.24, 2.45) is 0 Å². The van der Waals surface area contributed by atoms with Crippen LogP contribution in [0.5, 0.6) is 0 Å². The molecule has 2 atom stereocenters.